The normalized spacial score (nSPS) is 23.3. The van der Waals surface area contributed by atoms with Gasteiger partial charge in [-0.1, -0.05) is 31.0 Å². The van der Waals surface area contributed by atoms with Crippen molar-refractivity contribution in [3.05, 3.63) is 30.3 Å². The van der Waals surface area contributed by atoms with Gasteiger partial charge < -0.3 is 15.3 Å². The van der Waals surface area contributed by atoms with Gasteiger partial charge in [-0.05, 0) is 37.9 Å². The second-order valence-electron chi connectivity index (χ2n) is 5.52. The number of hydrogen-bond acceptors (Lipinski definition) is 3. The Kier molecular flexibility index (Phi) is 5.67. The lowest BCUT2D eigenvalue weighted by Crippen LogP contribution is -2.42. The monoisotopic (exact) mass is 262 g/mol. The van der Waals surface area contributed by atoms with Crippen molar-refractivity contribution >= 4 is 5.69 Å². The molecule has 3 nitrogen and oxygen atoms in total. The molecule has 1 aliphatic rings. The van der Waals surface area contributed by atoms with Gasteiger partial charge in [0.1, 0.15) is 0 Å². The zero-order valence-electron chi connectivity index (χ0n) is 11.9. The van der Waals surface area contributed by atoms with Crippen LogP contribution in [0.25, 0.3) is 0 Å². The highest BCUT2D eigenvalue weighted by atomic mass is 16.3. The summed E-state index contributed by atoms with van der Waals surface area (Å²) in [5.74, 6) is 0. The van der Waals surface area contributed by atoms with Crippen molar-refractivity contribution in [2.45, 2.75) is 44.2 Å². The van der Waals surface area contributed by atoms with Gasteiger partial charge in [0.15, 0.2) is 0 Å². The lowest BCUT2D eigenvalue weighted by molar-refractivity contribution is 0.0911. The van der Waals surface area contributed by atoms with E-state index in [1.807, 2.05) is 6.07 Å². The molecule has 0 unspecified atom stereocenters. The van der Waals surface area contributed by atoms with Crippen LogP contribution in [0.1, 0.15) is 32.1 Å². The summed E-state index contributed by atoms with van der Waals surface area (Å²) in [6, 6.07) is 10.8. The first-order valence-corrected chi connectivity index (χ1v) is 7.45. The van der Waals surface area contributed by atoms with E-state index in [1.54, 1.807) is 0 Å². The van der Waals surface area contributed by atoms with Crippen LogP contribution in [0.3, 0.4) is 0 Å². The summed E-state index contributed by atoms with van der Waals surface area (Å²) >= 11 is 0. The second-order valence-corrected chi connectivity index (χ2v) is 5.52. The Hall–Kier alpha value is -1.06. The first-order valence-electron chi connectivity index (χ1n) is 7.45. The highest BCUT2D eigenvalue weighted by Crippen LogP contribution is 2.18. The topological polar surface area (TPSA) is 35.5 Å². The van der Waals surface area contributed by atoms with Crippen LogP contribution < -0.4 is 10.2 Å². The molecule has 106 valence electrons. The molecular formula is C16H26N2O. The van der Waals surface area contributed by atoms with Crippen molar-refractivity contribution < 1.29 is 5.11 Å². The van der Waals surface area contributed by atoms with Gasteiger partial charge in [-0.3, -0.25) is 0 Å². The molecule has 0 bridgehead atoms. The first kappa shape index (κ1) is 14.4. The zero-order chi connectivity index (χ0) is 13.5. The molecule has 0 spiro atoms. The molecule has 1 aliphatic carbocycles. The minimum atomic E-state index is -0.138. The number of nitrogens with zero attached hydrogens (tertiary/aromatic N) is 1. The van der Waals surface area contributed by atoms with Gasteiger partial charge in [0, 0.05) is 25.3 Å². The van der Waals surface area contributed by atoms with Gasteiger partial charge in [0.2, 0.25) is 0 Å². The molecule has 0 saturated heterocycles. The number of anilines is 1. The van der Waals surface area contributed by atoms with E-state index in [2.05, 4.69) is 41.5 Å². The number of nitrogens with one attached hydrogen (secondary N) is 1. The molecule has 1 saturated carbocycles. The van der Waals surface area contributed by atoms with E-state index in [9.17, 15) is 5.11 Å². The van der Waals surface area contributed by atoms with Crippen LogP contribution in [0.2, 0.25) is 0 Å². The maximum absolute atomic E-state index is 9.88. The van der Waals surface area contributed by atoms with Gasteiger partial charge in [-0.2, -0.15) is 0 Å². The van der Waals surface area contributed by atoms with Crippen LogP contribution in [0.15, 0.2) is 30.3 Å². The molecule has 3 heteroatoms. The number of hydrogen-bond donors (Lipinski definition) is 2. The lowest BCUT2D eigenvalue weighted by atomic mass is 9.92. The third-order valence-electron chi connectivity index (χ3n) is 4.00. The van der Waals surface area contributed by atoms with E-state index in [1.165, 1.54) is 18.5 Å². The molecular weight excluding hydrogens is 236 g/mol. The molecule has 0 aromatic heterocycles. The largest absolute Gasteiger partial charge is 0.392 e. The predicted molar refractivity (Wildman–Crippen MR) is 80.6 cm³/mol. The van der Waals surface area contributed by atoms with Crippen LogP contribution in [-0.2, 0) is 0 Å². The van der Waals surface area contributed by atoms with E-state index >= 15 is 0 Å². The number of para-hydroxylation sites is 1. The Bertz CT molecular complexity index is 355. The number of aliphatic hydroxyl groups is 1. The van der Waals surface area contributed by atoms with Crippen LogP contribution in [0.5, 0.6) is 0 Å². The molecule has 0 amide bonds. The van der Waals surface area contributed by atoms with E-state index in [0.29, 0.717) is 6.04 Å². The van der Waals surface area contributed by atoms with Crippen LogP contribution >= 0.6 is 0 Å². The van der Waals surface area contributed by atoms with Gasteiger partial charge in [-0.25, -0.2) is 0 Å². The van der Waals surface area contributed by atoms with E-state index in [4.69, 9.17) is 0 Å². The second kappa shape index (κ2) is 7.51. The molecule has 0 radical (unpaired) electrons. The molecule has 19 heavy (non-hydrogen) atoms. The summed E-state index contributed by atoms with van der Waals surface area (Å²) < 4.78 is 0. The Morgan fingerprint density at radius 3 is 2.68 bits per heavy atom. The maximum Gasteiger partial charge on any atom is 0.0693 e. The molecule has 2 rings (SSSR count). The predicted octanol–water partition coefficient (Wildman–Crippen LogP) is 2.41. The fourth-order valence-corrected chi connectivity index (χ4v) is 2.76. The van der Waals surface area contributed by atoms with Gasteiger partial charge in [0.25, 0.3) is 0 Å². The Morgan fingerprint density at radius 1 is 1.21 bits per heavy atom. The van der Waals surface area contributed by atoms with E-state index < -0.39 is 0 Å². The molecule has 1 aromatic rings. The highest BCUT2D eigenvalue weighted by Gasteiger charge is 2.21. The van der Waals surface area contributed by atoms with Crippen molar-refractivity contribution in [3.63, 3.8) is 0 Å². The van der Waals surface area contributed by atoms with Crippen molar-refractivity contribution in [2.24, 2.45) is 0 Å². The quantitative estimate of drug-likeness (QED) is 0.773. The minimum absolute atomic E-state index is 0.138. The summed E-state index contributed by atoms with van der Waals surface area (Å²) in [6.45, 7) is 2.03. The Labute approximate surface area is 116 Å². The standard InChI is InChI=1S/C16H26N2O/c1-18(14-8-3-2-4-9-14)13-7-12-17-15-10-5-6-11-16(15)19/h2-4,8-9,15-17,19H,5-7,10-13H2,1H3/t15-,16-/m1/s1. The van der Waals surface area contributed by atoms with Gasteiger partial charge in [-0.15, -0.1) is 0 Å². The minimum Gasteiger partial charge on any atom is -0.392 e. The summed E-state index contributed by atoms with van der Waals surface area (Å²) in [5.41, 5.74) is 1.26. The average Bonchev–Trinajstić information content (AvgIpc) is 2.46. The van der Waals surface area contributed by atoms with Crippen LogP contribution in [0, 0.1) is 0 Å². The van der Waals surface area contributed by atoms with E-state index in [-0.39, 0.29) is 6.10 Å². The molecule has 0 heterocycles. The third-order valence-corrected chi connectivity index (χ3v) is 4.00. The fourth-order valence-electron chi connectivity index (χ4n) is 2.76. The summed E-state index contributed by atoms with van der Waals surface area (Å²) in [7, 11) is 2.13. The lowest BCUT2D eigenvalue weighted by Gasteiger charge is -2.29. The third kappa shape index (κ3) is 4.51. The molecule has 0 aliphatic heterocycles. The summed E-state index contributed by atoms with van der Waals surface area (Å²) in [5, 5.41) is 13.4. The average molecular weight is 262 g/mol. The van der Waals surface area contributed by atoms with Gasteiger partial charge in [0.05, 0.1) is 6.10 Å². The van der Waals surface area contributed by atoms with Crippen LogP contribution in [-0.4, -0.2) is 37.4 Å². The molecule has 2 atom stereocenters. The van der Waals surface area contributed by atoms with Crippen molar-refractivity contribution in [3.8, 4) is 0 Å². The molecule has 1 aromatic carbocycles. The fraction of sp³-hybridized carbons (Fsp3) is 0.625. The molecule has 2 N–H and O–H groups in total. The Balaban J connectivity index is 1.64. The van der Waals surface area contributed by atoms with E-state index in [0.717, 1.165) is 32.4 Å². The number of benzene rings is 1. The number of aliphatic hydroxyl groups excluding tert-OH is 1. The number of rotatable bonds is 6. The van der Waals surface area contributed by atoms with Crippen molar-refractivity contribution in [2.75, 3.05) is 25.0 Å². The smallest absolute Gasteiger partial charge is 0.0693 e. The summed E-state index contributed by atoms with van der Waals surface area (Å²) in [6.07, 6.45) is 5.47. The maximum atomic E-state index is 9.88. The molecule has 1 fully saturated rings. The van der Waals surface area contributed by atoms with Crippen molar-refractivity contribution in [1.82, 2.24) is 5.32 Å². The highest BCUT2D eigenvalue weighted by molar-refractivity contribution is 5.44. The summed E-state index contributed by atoms with van der Waals surface area (Å²) in [4.78, 5) is 2.28. The SMILES string of the molecule is CN(CCCN[C@@H]1CCCC[C@H]1O)c1ccccc1. The van der Waals surface area contributed by atoms with Crippen molar-refractivity contribution in [1.29, 1.82) is 0 Å². The van der Waals surface area contributed by atoms with Crippen LogP contribution in [0.4, 0.5) is 5.69 Å². The Morgan fingerprint density at radius 2 is 1.95 bits per heavy atom. The first-order chi connectivity index (χ1) is 9.27. The zero-order valence-corrected chi connectivity index (χ0v) is 11.9. The van der Waals surface area contributed by atoms with Gasteiger partial charge >= 0.3 is 0 Å².